The molecule has 2 aromatic rings. The minimum absolute atomic E-state index is 0.430. The highest BCUT2D eigenvalue weighted by Crippen LogP contribution is 2.18. The Morgan fingerprint density at radius 2 is 1.90 bits per heavy atom. The fourth-order valence-electron chi connectivity index (χ4n) is 1.86. The van der Waals surface area contributed by atoms with Crippen molar-refractivity contribution in [3.8, 4) is 0 Å². The normalized spacial score (nSPS) is 16.7. The molecule has 0 fully saturated rings. The molecule has 3 rings (SSSR count). The zero-order valence-electron chi connectivity index (χ0n) is 10.5. The molecule has 4 heteroatoms. The second-order valence-corrected chi connectivity index (χ2v) is 4.14. The van der Waals surface area contributed by atoms with E-state index in [1.807, 2.05) is 36.4 Å². The van der Waals surface area contributed by atoms with Crippen LogP contribution in [0.3, 0.4) is 0 Å². The van der Waals surface area contributed by atoms with Crippen LogP contribution < -0.4 is 0 Å². The number of rotatable bonds is 3. The number of carbonyl (C=O) groups excluding carboxylic acids is 1. The van der Waals surface area contributed by atoms with Crippen molar-refractivity contribution in [2.24, 2.45) is 5.16 Å². The number of furan rings is 1. The number of nitrogens with zero attached hydrogens (tertiary/aromatic N) is 1. The molecule has 0 N–H and O–H groups in total. The summed E-state index contributed by atoms with van der Waals surface area (Å²) in [4.78, 5) is 16.4. The Labute approximate surface area is 115 Å². The van der Waals surface area contributed by atoms with E-state index in [4.69, 9.17) is 9.25 Å². The van der Waals surface area contributed by atoms with Gasteiger partial charge in [-0.3, -0.25) is 0 Å². The molecule has 0 saturated heterocycles. The molecule has 1 aromatic carbocycles. The van der Waals surface area contributed by atoms with Crippen LogP contribution in [-0.2, 0) is 9.63 Å². The first-order valence-electron chi connectivity index (χ1n) is 6.11. The molecule has 98 valence electrons. The van der Waals surface area contributed by atoms with E-state index in [1.54, 1.807) is 30.6 Å². The lowest BCUT2D eigenvalue weighted by Crippen LogP contribution is -2.06. The third-order valence-electron chi connectivity index (χ3n) is 2.81. The van der Waals surface area contributed by atoms with Crippen molar-refractivity contribution >= 4 is 17.8 Å². The molecule has 0 bridgehead atoms. The first-order chi connectivity index (χ1) is 9.84. The summed E-state index contributed by atoms with van der Waals surface area (Å²) >= 11 is 0. The fourth-order valence-corrected chi connectivity index (χ4v) is 1.86. The van der Waals surface area contributed by atoms with Crippen LogP contribution in [0, 0.1) is 0 Å². The van der Waals surface area contributed by atoms with Gasteiger partial charge in [0, 0.05) is 5.56 Å². The molecular weight excluding hydrogens is 254 g/mol. The van der Waals surface area contributed by atoms with Crippen LogP contribution >= 0.6 is 0 Å². The largest absolute Gasteiger partial charge is 0.465 e. The van der Waals surface area contributed by atoms with Gasteiger partial charge in [0.25, 0.3) is 0 Å². The lowest BCUT2D eigenvalue weighted by molar-refractivity contribution is -0.136. The van der Waals surface area contributed by atoms with Gasteiger partial charge < -0.3 is 9.25 Å². The monoisotopic (exact) mass is 265 g/mol. The van der Waals surface area contributed by atoms with E-state index in [-0.39, 0.29) is 0 Å². The average molecular weight is 265 g/mol. The summed E-state index contributed by atoms with van der Waals surface area (Å²) in [6.45, 7) is 0. The van der Waals surface area contributed by atoms with E-state index in [2.05, 4.69) is 5.16 Å². The molecule has 0 aliphatic carbocycles. The molecule has 1 aliphatic heterocycles. The zero-order valence-corrected chi connectivity index (χ0v) is 10.5. The van der Waals surface area contributed by atoms with Crippen molar-refractivity contribution in [1.29, 1.82) is 0 Å². The first kappa shape index (κ1) is 12.2. The third-order valence-corrected chi connectivity index (χ3v) is 2.81. The minimum atomic E-state index is -0.451. The van der Waals surface area contributed by atoms with Gasteiger partial charge >= 0.3 is 5.97 Å². The van der Waals surface area contributed by atoms with Crippen LogP contribution in [0.2, 0.25) is 0 Å². The summed E-state index contributed by atoms with van der Waals surface area (Å²) in [5.41, 5.74) is 1.81. The highest BCUT2D eigenvalue weighted by Gasteiger charge is 2.25. The fraction of sp³-hybridized carbons (Fsp3) is 0. The van der Waals surface area contributed by atoms with E-state index in [0.717, 1.165) is 5.56 Å². The number of hydrogen-bond donors (Lipinski definition) is 0. The molecular formula is C16H11NO3. The Morgan fingerprint density at radius 1 is 1.05 bits per heavy atom. The molecule has 0 atom stereocenters. The molecule has 1 aliphatic rings. The number of benzene rings is 1. The van der Waals surface area contributed by atoms with Crippen molar-refractivity contribution in [2.75, 3.05) is 0 Å². The van der Waals surface area contributed by atoms with E-state index in [0.29, 0.717) is 17.0 Å². The van der Waals surface area contributed by atoms with E-state index < -0.39 is 5.97 Å². The Hall–Kier alpha value is -2.88. The van der Waals surface area contributed by atoms with Crippen molar-refractivity contribution in [1.82, 2.24) is 0 Å². The highest BCUT2D eigenvalue weighted by molar-refractivity contribution is 6.28. The van der Waals surface area contributed by atoms with Gasteiger partial charge in [-0.2, -0.15) is 0 Å². The molecule has 0 spiro atoms. The lowest BCUT2D eigenvalue weighted by atomic mass is 10.0. The molecule has 0 radical (unpaired) electrons. The summed E-state index contributed by atoms with van der Waals surface area (Å²) in [6.07, 6.45) is 6.76. The van der Waals surface area contributed by atoms with Crippen LogP contribution in [0.15, 0.2) is 76.0 Å². The van der Waals surface area contributed by atoms with Crippen LogP contribution in [0.5, 0.6) is 0 Å². The highest BCUT2D eigenvalue weighted by atomic mass is 16.7. The first-order valence-corrected chi connectivity index (χ1v) is 6.11. The second kappa shape index (κ2) is 5.40. The molecule has 0 amide bonds. The average Bonchev–Trinajstić information content (AvgIpc) is 3.11. The maximum Gasteiger partial charge on any atom is 0.368 e. The molecule has 0 unspecified atom stereocenters. The van der Waals surface area contributed by atoms with E-state index in [9.17, 15) is 4.79 Å². The second-order valence-electron chi connectivity index (χ2n) is 4.14. The van der Waals surface area contributed by atoms with Crippen LogP contribution in [-0.4, -0.2) is 11.7 Å². The zero-order chi connectivity index (χ0) is 13.8. The predicted molar refractivity (Wildman–Crippen MR) is 74.9 cm³/mol. The van der Waals surface area contributed by atoms with E-state index >= 15 is 0 Å². The van der Waals surface area contributed by atoms with Gasteiger partial charge in [-0.25, -0.2) is 4.79 Å². The van der Waals surface area contributed by atoms with Gasteiger partial charge in [-0.05, 0) is 24.3 Å². The minimum Gasteiger partial charge on any atom is -0.465 e. The lowest BCUT2D eigenvalue weighted by Gasteiger charge is -1.97. The van der Waals surface area contributed by atoms with Crippen molar-refractivity contribution in [3.05, 3.63) is 77.8 Å². The summed E-state index contributed by atoms with van der Waals surface area (Å²) in [5.74, 6) is 0.263. The van der Waals surface area contributed by atoms with Crippen molar-refractivity contribution < 1.29 is 14.0 Å². The summed E-state index contributed by atoms with van der Waals surface area (Å²) < 4.78 is 5.17. The van der Waals surface area contributed by atoms with Gasteiger partial charge in [-0.1, -0.05) is 41.6 Å². The maximum atomic E-state index is 11.7. The Balaban J connectivity index is 1.87. The van der Waals surface area contributed by atoms with Gasteiger partial charge in [-0.15, -0.1) is 0 Å². The third kappa shape index (κ3) is 2.44. The van der Waals surface area contributed by atoms with Gasteiger partial charge in [0.05, 0.1) is 11.8 Å². The molecule has 0 saturated carbocycles. The molecule has 20 heavy (non-hydrogen) atoms. The predicted octanol–water partition coefficient (Wildman–Crippen LogP) is 3.18. The SMILES string of the molecule is O=C1ON=C(c2ccccc2)/C1=C\C=C\c1ccco1. The Kier molecular flexibility index (Phi) is 3.29. The van der Waals surface area contributed by atoms with Crippen LogP contribution in [0.4, 0.5) is 0 Å². The number of oxime groups is 1. The van der Waals surface area contributed by atoms with Gasteiger partial charge in [0.15, 0.2) is 0 Å². The van der Waals surface area contributed by atoms with Crippen LogP contribution in [0.1, 0.15) is 11.3 Å². The van der Waals surface area contributed by atoms with E-state index in [1.165, 1.54) is 0 Å². The van der Waals surface area contributed by atoms with Crippen molar-refractivity contribution in [2.45, 2.75) is 0 Å². The van der Waals surface area contributed by atoms with Crippen LogP contribution in [0.25, 0.3) is 6.08 Å². The van der Waals surface area contributed by atoms with Crippen molar-refractivity contribution in [3.63, 3.8) is 0 Å². The number of hydrogen-bond acceptors (Lipinski definition) is 4. The summed E-state index contributed by atoms with van der Waals surface area (Å²) in [7, 11) is 0. The molecule has 1 aromatic heterocycles. The number of carbonyl (C=O) groups is 1. The van der Waals surface area contributed by atoms with Gasteiger partial charge in [0.1, 0.15) is 11.5 Å². The Bertz CT molecular complexity index is 695. The Morgan fingerprint density at radius 3 is 2.65 bits per heavy atom. The molecule has 2 heterocycles. The molecule has 4 nitrogen and oxygen atoms in total. The summed E-state index contributed by atoms with van der Waals surface area (Å²) in [5, 5.41) is 3.83. The summed E-state index contributed by atoms with van der Waals surface area (Å²) in [6, 6.07) is 13.1. The number of allylic oxidation sites excluding steroid dienone is 2. The van der Waals surface area contributed by atoms with Gasteiger partial charge in [0.2, 0.25) is 0 Å². The topological polar surface area (TPSA) is 51.8 Å². The maximum absolute atomic E-state index is 11.7. The quantitative estimate of drug-likeness (QED) is 0.632. The smallest absolute Gasteiger partial charge is 0.368 e. The standard InChI is InChI=1S/C16H11NO3/c18-16-14(10-4-8-13-9-5-11-19-13)15(17-20-16)12-6-2-1-3-7-12/h1-11H/b8-4+,14-10+.